The predicted molar refractivity (Wildman–Crippen MR) is 81.9 cm³/mol. The fourth-order valence-electron chi connectivity index (χ4n) is 3.15. The van der Waals surface area contributed by atoms with Crippen molar-refractivity contribution in [2.24, 2.45) is 16.7 Å². The van der Waals surface area contributed by atoms with Crippen LogP contribution in [0.5, 0.6) is 5.75 Å². The van der Waals surface area contributed by atoms with E-state index in [4.69, 9.17) is 4.74 Å². The summed E-state index contributed by atoms with van der Waals surface area (Å²) in [6.07, 6.45) is -0.467. The van der Waals surface area contributed by atoms with Gasteiger partial charge in [0.1, 0.15) is 5.75 Å². The first kappa shape index (κ1) is 15.3. The minimum atomic E-state index is -0.467. The van der Waals surface area contributed by atoms with Gasteiger partial charge in [-0.1, -0.05) is 39.8 Å². The minimum Gasteiger partial charge on any atom is -0.497 e. The normalized spacial score (nSPS) is 21.5. The van der Waals surface area contributed by atoms with Crippen LogP contribution in [0.1, 0.15) is 39.4 Å². The lowest BCUT2D eigenvalue weighted by molar-refractivity contribution is 0.173. The molecule has 1 aliphatic carbocycles. The Hall–Kier alpha value is -1.06. The molecule has 3 nitrogen and oxygen atoms in total. The Balaban J connectivity index is 1.80. The Bertz CT molecular complexity index is 437. The van der Waals surface area contributed by atoms with E-state index in [1.54, 1.807) is 7.11 Å². The molecule has 1 aromatic rings. The quantitative estimate of drug-likeness (QED) is 0.840. The van der Waals surface area contributed by atoms with Gasteiger partial charge in [-0.15, -0.1) is 0 Å². The lowest BCUT2D eigenvalue weighted by Gasteiger charge is -2.13. The predicted octanol–water partition coefficient (Wildman–Crippen LogP) is 3.00. The molecule has 0 amide bonds. The van der Waals surface area contributed by atoms with Crippen LogP contribution in [-0.4, -0.2) is 25.3 Å². The standard InChI is InChI=1S/C17H27NO2/c1-16(2)15(17(16,3)4)11-18-10-14(19)12-6-8-13(20-5)9-7-12/h6-9,14-15,18-19H,10-11H2,1-5H3. The van der Waals surface area contributed by atoms with Crippen molar-refractivity contribution in [1.82, 2.24) is 5.32 Å². The summed E-state index contributed by atoms with van der Waals surface area (Å²) in [6.45, 7) is 10.8. The number of nitrogens with one attached hydrogen (secondary N) is 1. The van der Waals surface area contributed by atoms with Crippen molar-refractivity contribution in [2.75, 3.05) is 20.2 Å². The zero-order valence-corrected chi connectivity index (χ0v) is 13.2. The Morgan fingerprint density at radius 2 is 1.70 bits per heavy atom. The van der Waals surface area contributed by atoms with Crippen LogP contribution in [0.3, 0.4) is 0 Å². The molecule has 3 heteroatoms. The molecule has 112 valence electrons. The number of hydrogen-bond acceptors (Lipinski definition) is 3. The van der Waals surface area contributed by atoms with Gasteiger partial charge >= 0.3 is 0 Å². The molecule has 20 heavy (non-hydrogen) atoms. The van der Waals surface area contributed by atoms with Crippen LogP contribution in [0.15, 0.2) is 24.3 Å². The molecular weight excluding hydrogens is 250 g/mol. The third-order valence-electron chi connectivity index (χ3n) is 5.51. The highest BCUT2D eigenvalue weighted by Crippen LogP contribution is 2.67. The Morgan fingerprint density at radius 3 is 2.15 bits per heavy atom. The molecular formula is C17H27NO2. The molecule has 0 radical (unpaired) electrons. The number of rotatable bonds is 6. The smallest absolute Gasteiger partial charge is 0.118 e. The van der Waals surface area contributed by atoms with Crippen LogP contribution in [0, 0.1) is 16.7 Å². The lowest BCUT2D eigenvalue weighted by atomic mass is 10.0. The van der Waals surface area contributed by atoms with E-state index in [0.29, 0.717) is 23.3 Å². The van der Waals surface area contributed by atoms with E-state index in [1.807, 2.05) is 24.3 Å². The number of ether oxygens (including phenoxy) is 1. The van der Waals surface area contributed by atoms with Crippen molar-refractivity contribution in [3.63, 3.8) is 0 Å². The van der Waals surface area contributed by atoms with Crippen LogP contribution in [0.2, 0.25) is 0 Å². The van der Waals surface area contributed by atoms with Crippen LogP contribution in [0.4, 0.5) is 0 Å². The van der Waals surface area contributed by atoms with Gasteiger partial charge < -0.3 is 15.2 Å². The minimum absolute atomic E-state index is 0.394. The van der Waals surface area contributed by atoms with Crippen molar-refractivity contribution in [3.05, 3.63) is 29.8 Å². The van der Waals surface area contributed by atoms with Gasteiger partial charge in [0.05, 0.1) is 13.2 Å². The second-order valence-corrected chi connectivity index (χ2v) is 6.94. The molecule has 1 saturated carbocycles. The van der Waals surface area contributed by atoms with Crippen LogP contribution < -0.4 is 10.1 Å². The van der Waals surface area contributed by atoms with Gasteiger partial charge in [0.25, 0.3) is 0 Å². The Morgan fingerprint density at radius 1 is 1.15 bits per heavy atom. The number of hydrogen-bond donors (Lipinski definition) is 2. The largest absolute Gasteiger partial charge is 0.497 e. The summed E-state index contributed by atoms with van der Waals surface area (Å²) in [6, 6.07) is 7.59. The fourth-order valence-corrected chi connectivity index (χ4v) is 3.15. The van der Waals surface area contributed by atoms with Gasteiger partial charge in [-0.25, -0.2) is 0 Å². The van der Waals surface area contributed by atoms with E-state index >= 15 is 0 Å². The summed E-state index contributed by atoms with van der Waals surface area (Å²) in [7, 11) is 1.64. The Labute approximate surface area is 122 Å². The van der Waals surface area contributed by atoms with Crippen molar-refractivity contribution >= 4 is 0 Å². The first-order valence-corrected chi connectivity index (χ1v) is 7.33. The molecule has 0 heterocycles. The second-order valence-electron chi connectivity index (χ2n) is 6.94. The van der Waals surface area contributed by atoms with Gasteiger partial charge in [0.2, 0.25) is 0 Å². The number of aliphatic hydroxyl groups is 1. The van der Waals surface area contributed by atoms with E-state index in [-0.39, 0.29) is 0 Å². The van der Waals surface area contributed by atoms with Crippen LogP contribution in [-0.2, 0) is 0 Å². The summed E-state index contributed by atoms with van der Waals surface area (Å²) in [5.74, 6) is 1.49. The van der Waals surface area contributed by atoms with Gasteiger partial charge in [-0.05, 0) is 41.0 Å². The van der Waals surface area contributed by atoms with E-state index < -0.39 is 6.10 Å². The average molecular weight is 277 g/mol. The molecule has 1 atom stereocenters. The zero-order chi connectivity index (χ0) is 15.0. The highest BCUT2D eigenvalue weighted by molar-refractivity contribution is 5.28. The fraction of sp³-hybridized carbons (Fsp3) is 0.647. The monoisotopic (exact) mass is 277 g/mol. The molecule has 0 aromatic heterocycles. The molecule has 0 spiro atoms. The molecule has 1 aromatic carbocycles. The van der Waals surface area contributed by atoms with Crippen molar-refractivity contribution in [2.45, 2.75) is 33.8 Å². The van der Waals surface area contributed by atoms with Crippen LogP contribution in [0.25, 0.3) is 0 Å². The van der Waals surface area contributed by atoms with Crippen LogP contribution >= 0.6 is 0 Å². The maximum Gasteiger partial charge on any atom is 0.118 e. The third-order valence-corrected chi connectivity index (χ3v) is 5.51. The van der Waals surface area contributed by atoms with Crippen molar-refractivity contribution in [3.8, 4) is 5.75 Å². The summed E-state index contributed by atoms with van der Waals surface area (Å²) in [4.78, 5) is 0. The molecule has 0 saturated heterocycles. The maximum atomic E-state index is 10.2. The highest BCUT2D eigenvalue weighted by atomic mass is 16.5. The van der Waals surface area contributed by atoms with Gasteiger partial charge in [0.15, 0.2) is 0 Å². The van der Waals surface area contributed by atoms with Crippen molar-refractivity contribution < 1.29 is 9.84 Å². The number of benzene rings is 1. The lowest BCUT2D eigenvalue weighted by Crippen LogP contribution is -2.25. The summed E-state index contributed by atoms with van der Waals surface area (Å²) < 4.78 is 5.12. The SMILES string of the molecule is COc1ccc(C(O)CNCC2C(C)(C)C2(C)C)cc1. The van der Waals surface area contributed by atoms with Gasteiger partial charge in [-0.2, -0.15) is 0 Å². The van der Waals surface area contributed by atoms with Crippen molar-refractivity contribution in [1.29, 1.82) is 0 Å². The van der Waals surface area contributed by atoms with E-state index in [2.05, 4.69) is 33.0 Å². The molecule has 1 fully saturated rings. The second kappa shape index (κ2) is 5.38. The maximum absolute atomic E-state index is 10.2. The third kappa shape index (κ3) is 2.70. The summed E-state index contributed by atoms with van der Waals surface area (Å²) >= 11 is 0. The molecule has 1 aliphatic rings. The molecule has 2 rings (SSSR count). The first-order valence-electron chi connectivity index (χ1n) is 7.33. The average Bonchev–Trinajstić information content (AvgIpc) is 2.81. The van der Waals surface area contributed by atoms with Gasteiger partial charge in [-0.3, -0.25) is 0 Å². The Kier molecular flexibility index (Phi) is 4.12. The molecule has 2 N–H and O–H groups in total. The first-order chi connectivity index (χ1) is 9.30. The summed E-state index contributed by atoms with van der Waals surface area (Å²) in [5.41, 5.74) is 1.71. The number of methoxy groups -OCH3 is 1. The summed E-state index contributed by atoms with van der Waals surface area (Å²) in [5, 5.41) is 13.6. The topological polar surface area (TPSA) is 41.5 Å². The zero-order valence-electron chi connectivity index (χ0n) is 13.2. The van der Waals surface area contributed by atoms with E-state index in [1.165, 1.54) is 0 Å². The number of aliphatic hydroxyl groups excluding tert-OH is 1. The van der Waals surface area contributed by atoms with E-state index in [9.17, 15) is 5.11 Å². The molecule has 0 bridgehead atoms. The molecule has 0 aliphatic heterocycles. The molecule has 1 unspecified atom stereocenters. The highest BCUT2D eigenvalue weighted by Gasteiger charge is 2.63. The van der Waals surface area contributed by atoms with Gasteiger partial charge in [0, 0.05) is 6.54 Å². The van der Waals surface area contributed by atoms with E-state index in [0.717, 1.165) is 17.9 Å².